The smallest absolute Gasteiger partial charge is 0.123 e. The van der Waals surface area contributed by atoms with E-state index in [9.17, 15) is 9.50 Å². The van der Waals surface area contributed by atoms with Crippen molar-refractivity contribution in [3.05, 3.63) is 35.1 Å². The number of halogens is 1. The van der Waals surface area contributed by atoms with Crippen LogP contribution in [0.2, 0.25) is 0 Å². The van der Waals surface area contributed by atoms with Crippen molar-refractivity contribution in [3.8, 4) is 0 Å². The summed E-state index contributed by atoms with van der Waals surface area (Å²) in [5.41, 5.74) is 1.76. The van der Waals surface area contributed by atoms with E-state index in [2.05, 4.69) is 11.8 Å². The molecule has 2 fully saturated rings. The van der Waals surface area contributed by atoms with Crippen LogP contribution in [0.25, 0.3) is 0 Å². The highest BCUT2D eigenvalue weighted by Crippen LogP contribution is 2.44. The van der Waals surface area contributed by atoms with Gasteiger partial charge in [-0.15, -0.1) is 0 Å². The van der Waals surface area contributed by atoms with Crippen LogP contribution in [0, 0.1) is 24.6 Å². The van der Waals surface area contributed by atoms with Crippen LogP contribution in [0.5, 0.6) is 0 Å². The second-order valence-electron chi connectivity index (χ2n) is 6.98. The summed E-state index contributed by atoms with van der Waals surface area (Å²) in [7, 11) is 0. The van der Waals surface area contributed by atoms with Crippen LogP contribution in [-0.2, 0) is 6.54 Å². The molecule has 1 heterocycles. The zero-order valence-electron chi connectivity index (χ0n) is 13.1. The maximum atomic E-state index is 13.2. The summed E-state index contributed by atoms with van der Waals surface area (Å²) in [5.74, 6) is 0.883. The lowest BCUT2D eigenvalue weighted by atomic mass is 9.69. The first-order valence-electron chi connectivity index (χ1n) is 8.21. The number of nitrogens with zero attached hydrogens (tertiary/aromatic N) is 1. The van der Waals surface area contributed by atoms with E-state index in [0.717, 1.165) is 44.5 Å². The van der Waals surface area contributed by atoms with E-state index >= 15 is 0 Å². The molecule has 0 spiro atoms. The molecule has 0 bridgehead atoms. The number of hydrogen-bond donors (Lipinski definition) is 1. The lowest BCUT2D eigenvalue weighted by molar-refractivity contribution is -0.0613. The van der Waals surface area contributed by atoms with E-state index in [-0.39, 0.29) is 5.82 Å². The molecule has 0 radical (unpaired) electrons. The molecule has 0 unspecified atom stereocenters. The highest BCUT2D eigenvalue weighted by Gasteiger charge is 2.47. The molecule has 1 aromatic rings. The van der Waals surface area contributed by atoms with E-state index in [1.54, 1.807) is 12.1 Å². The lowest BCUT2D eigenvalue weighted by Crippen LogP contribution is -2.44. The van der Waals surface area contributed by atoms with E-state index in [1.165, 1.54) is 12.0 Å². The Bertz CT molecular complexity index is 518. The predicted octanol–water partition coefficient (Wildman–Crippen LogP) is 3.51. The topological polar surface area (TPSA) is 23.5 Å². The van der Waals surface area contributed by atoms with Crippen molar-refractivity contribution in [1.82, 2.24) is 4.90 Å². The van der Waals surface area contributed by atoms with Crippen molar-refractivity contribution in [2.45, 2.75) is 51.7 Å². The fourth-order valence-corrected chi connectivity index (χ4v) is 4.36. The van der Waals surface area contributed by atoms with Crippen LogP contribution in [-0.4, -0.2) is 28.7 Å². The van der Waals surface area contributed by atoms with Crippen LogP contribution in [0.1, 0.15) is 43.7 Å². The van der Waals surface area contributed by atoms with E-state index < -0.39 is 5.60 Å². The fraction of sp³-hybridized carbons (Fsp3) is 0.667. The van der Waals surface area contributed by atoms with Gasteiger partial charge >= 0.3 is 0 Å². The summed E-state index contributed by atoms with van der Waals surface area (Å²) >= 11 is 0. The van der Waals surface area contributed by atoms with Gasteiger partial charge in [0.05, 0.1) is 5.60 Å². The van der Waals surface area contributed by atoms with Gasteiger partial charge in [-0.05, 0) is 55.4 Å². The van der Waals surface area contributed by atoms with Gasteiger partial charge in [-0.1, -0.05) is 19.4 Å². The number of aryl methyl sites for hydroxylation is 1. The number of likely N-dealkylation sites (tertiary alicyclic amines) is 1. The fourth-order valence-electron chi connectivity index (χ4n) is 4.36. The summed E-state index contributed by atoms with van der Waals surface area (Å²) in [4.78, 5) is 2.45. The first kappa shape index (κ1) is 15.0. The highest BCUT2D eigenvalue weighted by atomic mass is 19.1. The second kappa shape index (κ2) is 5.69. The van der Waals surface area contributed by atoms with Crippen molar-refractivity contribution >= 4 is 0 Å². The van der Waals surface area contributed by atoms with Gasteiger partial charge in [0.2, 0.25) is 0 Å². The molecule has 1 saturated carbocycles. The maximum Gasteiger partial charge on any atom is 0.123 e. The van der Waals surface area contributed by atoms with Crippen LogP contribution in [0.4, 0.5) is 4.39 Å². The van der Waals surface area contributed by atoms with Crippen molar-refractivity contribution in [2.75, 3.05) is 13.1 Å². The molecule has 1 aliphatic heterocycles. The third kappa shape index (κ3) is 2.86. The van der Waals surface area contributed by atoms with Crippen LogP contribution in [0.15, 0.2) is 18.2 Å². The van der Waals surface area contributed by atoms with Crippen molar-refractivity contribution in [2.24, 2.45) is 11.8 Å². The van der Waals surface area contributed by atoms with Gasteiger partial charge < -0.3 is 5.11 Å². The van der Waals surface area contributed by atoms with Crippen molar-refractivity contribution in [1.29, 1.82) is 0 Å². The zero-order valence-corrected chi connectivity index (χ0v) is 13.1. The minimum absolute atomic E-state index is 0.160. The minimum atomic E-state index is -0.463. The number of benzene rings is 1. The Balaban J connectivity index is 1.72. The number of fused-ring (bicyclic) bond motifs is 1. The highest BCUT2D eigenvalue weighted by molar-refractivity contribution is 5.26. The molecular formula is C18H26FNO. The Kier molecular flexibility index (Phi) is 4.06. The summed E-state index contributed by atoms with van der Waals surface area (Å²) in [5, 5.41) is 10.8. The zero-order chi connectivity index (χ0) is 15.0. The van der Waals surface area contributed by atoms with Gasteiger partial charge in [-0.2, -0.15) is 0 Å². The summed E-state index contributed by atoms with van der Waals surface area (Å²) < 4.78 is 13.2. The van der Waals surface area contributed by atoms with Crippen LogP contribution < -0.4 is 0 Å². The minimum Gasteiger partial charge on any atom is -0.390 e. The maximum absolute atomic E-state index is 13.2. The molecular weight excluding hydrogens is 265 g/mol. The molecule has 21 heavy (non-hydrogen) atoms. The van der Waals surface area contributed by atoms with Crippen molar-refractivity contribution < 1.29 is 9.50 Å². The molecule has 3 atom stereocenters. The molecule has 1 aliphatic carbocycles. The average Bonchev–Trinajstić information content (AvgIpc) is 2.86. The normalized spacial score (nSPS) is 33.1. The molecule has 0 amide bonds. The predicted molar refractivity (Wildman–Crippen MR) is 82.5 cm³/mol. The van der Waals surface area contributed by atoms with E-state index in [0.29, 0.717) is 11.8 Å². The molecule has 2 aliphatic rings. The Labute approximate surface area is 127 Å². The Hall–Kier alpha value is -0.930. The van der Waals surface area contributed by atoms with Gasteiger partial charge in [0, 0.05) is 25.6 Å². The third-order valence-corrected chi connectivity index (χ3v) is 5.70. The van der Waals surface area contributed by atoms with Gasteiger partial charge in [0.15, 0.2) is 0 Å². The summed E-state index contributed by atoms with van der Waals surface area (Å²) in [6, 6.07) is 5.06. The quantitative estimate of drug-likeness (QED) is 0.921. The van der Waals surface area contributed by atoms with E-state index in [4.69, 9.17) is 0 Å². The van der Waals surface area contributed by atoms with Gasteiger partial charge in [0.25, 0.3) is 0 Å². The second-order valence-corrected chi connectivity index (χ2v) is 6.98. The molecule has 0 aromatic heterocycles. The summed E-state index contributed by atoms with van der Waals surface area (Å²) in [6.07, 6.45) is 4.20. The van der Waals surface area contributed by atoms with Gasteiger partial charge in [0.1, 0.15) is 5.82 Å². The molecule has 2 nitrogen and oxygen atoms in total. The summed E-state index contributed by atoms with van der Waals surface area (Å²) in [6.45, 7) is 7.01. The lowest BCUT2D eigenvalue weighted by Gasteiger charge is -2.40. The largest absolute Gasteiger partial charge is 0.390 e. The van der Waals surface area contributed by atoms with Crippen molar-refractivity contribution in [3.63, 3.8) is 0 Å². The third-order valence-electron chi connectivity index (χ3n) is 5.70. The Morgan fingerprint density at radius 1 is 1.38 bits per heavy atom. The molecule has 1 aromatic carbocycles. The molecule has 116 valence electrons. The average molecular weight is 291 g/mol. The first-order valence-corrected chi connectivity index (χ1v) is 8.21. The van der Waals surface area contributed by atoms with Crippen LogP contribution in [0.3, 0.4) is 0 Å². The molecule has 3 rings (SSSR count). The van der Waals surface area contributed by atoms with E-state index in [1.807, 2.05) is 13.0 Å². The molecule has 1 saturated heterocycles. The number of hydrogen-bond acceptors (Lipinski definition) is 2. The SMILES string of the molecule is CC[C@@]1(O)CCC[C@@H]2CN(Cc3ccc(F)cc3C)C[C@@H]21. The van der Waals surface area contributed by atoms with Crippen LogP contribution >= 0.6 is 0 Å². The first-order chi connectivity index (χ1) is 10.0. The van der Waals surface area contributed by atoms with Gasteiger partial charge in [-0.3, -0.25) is 4.90 Å². The number of aliphatic hydroxyl groups is 1. The monoisotopic (exact) mass is 291 g/mol. The number of rotatable bonds is 3. The standard InChI is InChI=1S/C18H26FNO/c1-3-18(21)8-4-5-15-11-20(12-17(15)18)10-14-6-7-16(19)9-13(14)2/h6-7,9,15,17,21H,3-5,8,10-12H2,1-2H3/t15-,17+,18-/m1/s1. The Morgan fingerprint density at radius 3 is 2.90 bits per heavy atom. The van der Waals surface area contributed by atoms with Gasteiger partial charge in [-0.25, -0.2) is 4.39 Å². The Morgan fingerprint density at radius 2 is 2.19 bits per heavy atom. The molecule has 1 N–H and O–H groups in total. The molecule has 3 heteroatoms.